The fraction of sp³-hybridized carbons (Fsp3) is 0.0833. The van der Waals surface area contributed by atoms with Gasteiger partial charge in [0.2, 0.25) is 0 Å². The number of halogens is 2. The van der Waals surface area contributed by atoms with E-state index in [0.29, 0.717) is 28.1 Å². The van der Waals surface area contributed by atoms with Gasteiger partial charge in [0.1, 0.15) is 24.1 Å². The second-order valence-electron chi connectivity index (χ2n) is 6.85. The first-order valence-electron chi connectivity index (χ1n) is 9.73. The van der Waals surface area contributed by atoms with Crippen molar-refractivity contribution >= 4 is 39.3 Å². The predicted molar refractivity (Wildman–Crippen MR) is 127 cm³/mol. The highest BCUT2D eigenvalue weighted by Crippen LogP contribution is 2.38. The summed E-state index contributed by atoms with van der Waals surface area (Å²) in [6, 6.07) is 17.2. The van der Waals surface area contributed by atoms with Crippen LogP contribution < -0.4 is 14.8 Å². The molecule has 0 aliphatic rings. The first-order chi connectivity index (χ1) is 16.3. The Morgan fingerprint density at radius 3 is 2.62 bits per heavy atom. The number of nitro groups is 1. The third-order valence-corrected chi connectivity index (χ3v) is 5.15. The molecular weight excluding hydrogens is 509 g/mol. The highest BCUT2D eigenvalue weighted by molar-refractivity contribution is 9.10. The molecule has 3 aromatic rings. The average Bonchev–Trinajstić information content (AvgIpc) is 2.83. The zero-order chi connectivity index (χ0) is 24.7. The van der Waals surface area contributed by atoms with Gasteiger partial charge in [-0.3, -0.25) is 14.9 Å². The lowest BCUT2D eigenvalue weighted by Crippen LogP contribution is -2.14. The molecule has 0 heterocycles. The molecule has 3 rings (SSSR count). The number of nitriles is 1. The smallest absolute Gasteiger partial charge is 0.271 e. The minimum Gasteiger partial charge on any atom is -0.493 e. The number of anilines is 1. The van der Waals surface area contributed by atoms with Gasteiger partial charge < -0.3 is 14.8 Å². The molecule has 0 saturated carbocycles. The average molecular weight is 526 g/mol. The number of rotatable bonds is 8. The molecule has 34 heavy (non-hydrogen) atoms. The molecule has 0 fully saturated rings. The van der Waals surface area contributed by atoms with E-state index >= 15 is 0 Å². The van der Waals surface area contributed by atoms with Crippen LogP contribution in [0.15, 0.2) is 70.7 Å². The number of carbonyl (C=O) groups is 1. The summed E-state index contributed by atoms with van der Waals surface area (Å²) in [5.74, 6) is -1.01. The van der Waals surface area contributed by atoms with Crippen LogP contribution in [0.4, 0.5) is 15.8 Å². The van der Waals surface area contributed by atoms with Crippen LogP contribution in [0.2, 0.25) is 0 Å². The molecular formula is C24H17BrFN3O5. The van der Waals surface area contributed by atoms with E-state index in [4.69, 9.17) is 9.47 Å². The Bertz CT molecular complexity index is 1310. The van der Waals surface area contributed by atoms with Crippen LogP contribution in [-0.2, 0) is 11.4 Å². The minimum atomic E-state index is -0.929. The summed E-state index contributed by atoms with van der Waals surface area (Å²) in [6.07, 6.45) is 1.28. The standard InChI is InChI=1S/C24H17BrFN3O5/c1-33-22-11-16(10-19(25)23(22)34-14-15-5-3-2-4-6-15)9-17(13-27)24(30)28-21-12-18(29(31)32)7-8-20(21)26/h2-12H,14H2,1H3,(H,28,30)/b17-9-. The van der Waals surface area contributed by atoms with E-state index < -0.39 is 28.0 Å². The second-order valence-corrected chi connectivity index (χ2v) is 7.71. The largest absolute Gasteiger partial charge is 0.493 e. The molecule has 0 spiro atoms. The normalized spacial score (nSPS) is 10.8. The number of hydrogen-bond acceptors (Lipinski definition) is 6. The zero-order valence-electron chi connectivity index (χ0n) is 17.7. The maximum atomic E-state index is 14.0. The van der Waals surface area contributed by atoms with E-state index in [1.807, 2.05) is 30.3 Å². The van der Waals surface area contributed by atoms with Crippen molar-refractivity contribution < 1.29 is 23.6 Å². The van der Waals surface area contributed by atoms with Crippen LogP contribution in [0, 0.1) is 27.3 Å². The summed E-state index contributed by atoms with van der Waals surface area (Å²) >= 11 is 3.41. The van der Waals surface area contributed by atoms with Crippen molar-refractivity contribution in [1.29, 1.82) is 5.26 Å². The van der Waals surface area contributed by atoms with Crippen molar-refractivity contribution in [2.75, 3.05) is 12.4 Å². The van der Waals surface area contributed by atoms with Gasteiger partial charge in [0.05, 0.1) is 22.2 Å². The monoisotopic (exact) mass is 525 g/mol. The van der Waals surface area contributed by atoms with Crippen molar-refractivity contribution in [1.82, 2.24) is 0 Å². The first-order valence-corrected chi connectivity index (χ1v) is 10.5. The van der Waals surface area contributed by atoms with E-state index in [1.165, 1.54) is 13.2 Å². The molecule has 3 aromatic carbocycles. The van der Waals surface area contributed by atoms with Gasteiger partial charge in [-0.15, -0.1) is 0 Å². The number of non-ortho nitro benzene ring substituents is 1. The number of hydrogen-bond donors (Lipinski definition) is 1. The Morgan fingerprint density at radius 1 is 1.24 bits per heavy atom. The van der Waals surface area contributed by atoms with E-state index in [1.54, 1.807) is 18.2 Å². The van der Waals surface area contributed by atoms with Gasteiger partial charge in [0.15, 0.2) is 11.5 Å². The molecule has 0 atom stereocenters. The molecule has 1 N–H and O–H groups in total. The van der Waals surface area contributed by atoms with Crippen LogP contribution in [0.3, 0.4) is 0 Å². The minimum absolute atomic E-state index is 0.297. The molecule has 0 aliphatic carbocycles. The summed E-state index contributed by atoms with van der Waals surface area (Å²) in [5.41, 5.74) is 0.222. The second kappa shape index (κ2) is 11.1. The van der Waals surface area contributed by atoms with Gasteiger partial charge in [-0.25, -0.2) is 4.39 Å². The topological polar surface area (TPSA) is 114 Å². The number of methoxy groups -OCH3 is 1. The lowest BCUT2D eigenvalue weighted by atomic mass is 10.1. The molecule has 0 aromatic heterocycles. The van der Waals surface area contributed by atoms with Crippen LogP contribution >= 0.6 is 15.9 Å². The molecule has 1 amide bonds. The van der Waals surface area contributed by atoms with Gasteiger partial charge in [-0.1, -0.05) is 30.3 Å². The molecule has 172 valence electrons. The maximum Gasteiger partial charge on any atom is 0.271 e. The van der Waals surface area contributed by atoms with Crippen molar-refractivity contribution in [3.05, 3.63) is 97.8 Å². The van der Waals surface area contributed by atoms with Gasteiger partial charge in [0, 0.05) is 12.1 Å². The molecule has 8 nitrogen and oxygen atoms in total. The summed E-state index contributed by atoms with van der Waals surface area (Å²) in [6.45, 7) is 0.297. The van der Waals surface area contributed by atoms with Crippen molar-refractivity contribution in [2.45, 2.75) is 6.61 Å². The van der Waals surface area contributed by atoms with Gasteiger partial charge >= 0.3 is 0 Å². The summed E-state index contributed by atoms with van der Waals surface area (Å²) in [7, 11) is 1.45. The Hall–Kier alpha value is -4.23. The van der Waals surface area contributed by atoms with Crippen molar-refractivity contribution in [3.8, 4) is 17.6 Å². The SMILES string of the molecule is COc1cc(/C=C(/C#N)C(=O)Nc2cc([N+](=O)[O-])ccc2F)cc(Br)c1OCc1ccccc1. The number of nitrogens with zero attached hydrogens (tertiary/aromatic N) is 2. The molecule has 0 radical (unpaired) electrons. The third kappa shape index (κ3) is 5.96. The summed E-state index contributed by atoms with van der Waals surface area (Å²) in [4.78, 5) is 22.7. The Kier molecular flexibility index (Phi) is 7.95. The van der Waals surface area contributed by atoms with Crippen LogP contribution in [0.25, 0.3) is 6.08 Å². The third-order valence-electron chi connectivity index (χ3n) is 4.56. The zero-order valence-corrected chi connectivity index (χ0v) is 19.3. The highest BCUT2D eigenvalue weighted by Gasteiger charge is 2.17. The highest BCUT2D eigenvalue weighted by atomic mass is 79.9. The number of amides is 1. The summed E-state index contributed by atoms with van der Waals surface area (Å²) in [5, 5.41) is 22.6. The number of benzene rings is 3. The van der Waals surface area contributed by atoms with E-state index in [9.17, 15) is 24.6 Å². The summed E-state index contributed by atoms with van der Waals surface area (Å²) < 4.78 is 25.8. The first kappa shape index (κ1) is 24.4. The molecule has 0 unspecified atom stereocenters. The fourth-order valence-electron chi connectivity index (χ4n) is 2.92. The fourth-order valence-corrected chi connectivity index (χ4v) is 3.49. The molecule has 0 saturated heterocycles. The Balaban J connectivity index is 1.84. The van der Waals surface area contributed by atoms with E-state index in [2.05, 4.69) is 21.2 Å². The van der Waals surface area contributed by atoms with Crippen LogP contribution in [-0.4, -0.2) is 17.9 Å². The lowest BCUT2D eigenvalue weighted by Gasteiger charge is -2.14. The Morgan fingerprint density at radius 2 is 1.97 bits per heavy atom. The number of nitro benzene ring substituents is 1. The van der Waals surface area contributed by atoms with E-state index in [0.717, 1.165) is 23.8 Å². The van der Waals surface area contributed by atoms with E-state index in [-0.39, 0.29) is 5.57 Å². The molecule has 10 heteroatoms. The van der Waals surface area contributed by atoms with Gasteiger partial charge in [-0.05, 0) is 51.3 Å². The van der Waals surface area contributed by atoms with Crippen LogP contribution in [0.1, 0.15) is 11.1 Å². The van der Waals surface area contributed by atoms with Crippen molar-refractivity contribution in [2.24, 2.45) is 0 Å². The quantitative estimate of drug-likeness (QED) is 0.176. The number of nitrogens with one attached hydrogen (secondary N) is 1. The number of ether oxygens (including phenoxy) is 2. The predicted octanol–water partition coefficient (Wildman–Crippen LogP) is 5.63. The van der Waals surface area contributed by atoms with Gasteiger partial charge in [0.25, 0.3) is 11.6 Å². The lowest BCUT2D eigenvalue weighted by molar-refractivity contribution is -0.384. The number of carbonyl (C=O) groups excluding carboxylic acids is 1. The van der Waals surface area contributed by atoms with Crippen molar-refractivity contribution in [3.63, 3.8) is 0 Å². The molecule has 0 aliphatic heterocycles. The molecule has 0 bridgehead atoms. The van der Waals surface area contributed by atoms with Gasteiger partial charge in [-0.2, -0.15) is 5.26 Å². The maximum absolute atomic E-state index is 14.0. The van der Waals surface area contributed by atoms with Crippen LogP contribution in [0.5, 0.6) is 11.5 Å². The Labute approximate surface area is 202 Å².